The zero-order valence-corrected chi connectivity index (χ0v) is 19.0. The first-order chi connectivity index (χ1) is 16.4. The molecule has 2 atom stereocenters. The van der Waals surface area contributed by atoms with Gasteiger partial charge < -0.3 is 10.2 Å². The van der Waals surface area contributed by atoms with E-state index in [4.69, 9.17) is 0 Å². The number of aryl methyl sites for hydroxylation is 1. The van der Waals surface area contributed by atoms with Gasteiger partial charge in [0, 0.05) is 61.9 Å². The van der Waals surface area contributed by atoms with Gasteiger partial charge in [-0.2, -0.15) is 31.4 Å². The van der Waals surface area contributed by atoms with Crippen LogP contribution < -0.4 is 10.2 Å². The predicted molar refractivity (Wildman–Crippen MR) is 117 cm³/mol. The molecule has 2 aromatic heterocycles. The van der Waals surface area contributed by atoms with Crippen molar-refractivity contribution < 1.29 is 26.3 Å². The van der Waals surface area contributed by atoms with Crippen molar-refractivity contribution >= 4 is 5.95 Å². The average Bonchev–Trinajstić information content (AvgIpc) is 3.45. The number of halogens is 6. The normalized spacial score (nSPS) is 18.7. The fourth-order valence-corrected chi connectivity index (χ4v) is 4.21. The quantitative estimate of drug-likeness (QED) is 0.482. The van der Waals surface area contributed by atoms with Crippen LogP contribution in [0, 0.1) is 0 Å². The fourth-order valence-electron chi connectivity index (χ4n) is 4.21. The first-order valence-corrected chi connectivity index (χ1v) is 11.0. The maximum atomic E-state index is 13.4. The van der Waals surface area contributed by atoms with Crippen LogP contribution in [0.1, 0.15) is 36.5 Å². The lowest BCUT2D eigenvalue weighted by atomic mass is 10.0. The molecule has 1 saturated heterocycles. The monoisotopic (exact) mass is 498 g/mol. The minimum atomic E-state index is -4.91. The smallest absolute Gasteiger partial charge is 0.332 e. The van der Waals surface area contributed by atoms with Crippen LogP contribution in [0.5, 0.6) is 0 Å². The molecule has 1 aliphatic rings. The van der Waals surface area contributed by atoms with Gasteiger partial charge in [-0.3, -0.25) is 4.68 Å². The van der Waals surface area contributed by atoms with Crippen LogP contribution in [0.15, 0.2) is 43.0 Å². The molecule has 3 heterocycles. The second kappa shape index (κ2) is 9.48. The number of rotatable bonds is 6. The zero-order chi connectivity index (χ0) is 25.4. The first kappa shape index (κ1) is 25.0. The molecule has 188 valence electrons. The summed E-state index contributed by atoms with van der Waals surface area (Å²) in [5.41, 5.74) is -1.33. The van der Waals surface area contributed by atoms with Crippen molar-refractivity contribution in [3.63, 3.8) is 0 Å². The highest BCUT2D eigenvalue weighted by Gasteiger charge is 2.37. The van der Waals surface area contributed by atoms with Crippen LogP contribution in [-0.2, 0) is 25.9 Å². The number of aromatic nitrogens is 4. The Bertz CT molecular complexity index is 1120. The Morgan fingerprint density at radius 2 is 1.60 bits per heavy atom. The van der Waals surface area contributed by atoms with Crippen molar-refractivity contribution in [2.45, 2.75) is 50.7 Å². The van der Waals surface area contributed by atoms with Crippen molar-refractivity contribution in [1.82, 2.24) is 25.1 Å². The largest absolute Gasteiger partial charge is 0.416 e. The molecular formula is C23H24F6N6. The third kappa shape index (κ3) is 5.75. The van der Waals surface area contributed by atoms with E-state index in [-0.39, 0.29) is 36.2 Å². The maximum Gasteiger partial charge on any atom is 0.416 e. The molecule has 0 bridgehead atoms. The summed E-state index contributed by atoms with van der Waals surface area (Å²) in [6, 6.07) is 1.63. The van der Waals surface area contributed by atoms with Crippen LogP contribution in [-0.4, -0.2) is 38.4 Å². The molecule has 1 fully saturated rings. The van der Waals surface area contributed by atoms with Crippen LogP contribution in [0.2, 0.25) is 0 Å². The van der Waals surface area contributed by atoms with Crippen LogP contribution in [0.25, 0.3) is 11.1 Å². The van der Waals surface area contributed by atoms with Gasteiger partial charge >= 0.3 is 12.4 Å². The van der Waals surface area contributed by atoms with Crippen LogP contribution in [0.3, 0.4) is 0 Å². The summed E-state index contributed by atoms with van der Waals surface area (Å²) >= 11 is 0. The van der Waals surface area contributed by atoms with Crippen LogP contribution in [0.4, 0.5) is 32.3 Å². The van der Waals surface area contributed by atoms with Gasteiger partial charge in [0.05, 0.1) is 17.3 Å². The van der Waals surface area contributed by atoms with E-state index >= 15 is 0 Å². The van der Waals surface area contributed by atoms with Gasteiger partial charge in [-0.05, 0) is 36.6 Å². The van der Waals surface area contributed by atoms with Crippen molar-refractivity contribution in [1.29, 1.82) is 0 Å². The highest BCUT2D eigenvalue weighted by molar-refractivity contribution is 5.60. The lowest BCUT2D eigenvalue weighted by Crippen LogP contribution is -2.37. The van der Waals surface area contributed by atoms with Crippen molar-refractivity contribution in [2.75, 3.05) is 11.4 Å². The number of alkyl halides is 6. The van der Waals surface area contributed by atoms with E-state index in [1.54, 1.807) is 41.4 Å². The Labute approximate surface area is 198 Å². The lowest BCUT2D eigenvalue weighted by molar-refractivity contribution is -0.143. The van der Waals surface area contributed by atoms with Gasteiger partial charge in [-0.1, -0.05) is 6.92 Å². The van der Waals surface area contributed by atoms with Gasteiger partial charge in [0.2, 0.25) is 5.95 Å². The summed E-state index contributed by atoms with van der Waals surface area (Å²) in [5, 5.41) is 7.44. The molecule has 35 heavy (non-hydrogen) atoms. The molecule has 1 N–H and O–H groups in total. The highest BCUT2D eigenvalue weighted by atomic mass is 19.4. The molecule has 12 heteroatoms. The Morgan fingerprint density at radius 3 is 2.09 bits per heavy atom. The van der Waals surface area contributed by atoms with E-state index in [1.165, 1.54) is 0 Å². The van der Waals surface area contributed by atoms with Gasteiger partial charge in [0.25, 0.3) is 0 Å². The summed E-state index contributed by atoms with van der Waals surface area (Å²) in [4.78, 5) is 10.5. The molecule has 0 amide bonds. The highest BCUT2D eigenvalue weighted by Crippen LogP contribution is 2.37. The number of nitrogens with one attached hydrogen (secondary N) is 1. The van der Waals surface area contributed by atoms with Gasteiger partial charge in [0.15, 0.2) is 0 Å². The summed E-state index contributed by atoms with van der Waals surface area (Å²) in [7, 11) is 1.77. The fraction of sp³-hybridized carbons (Fsp3) is 0.435. The van der Waals surface area contributed by atoms with Crippen molar-refractivity contribution in [3.05, 3.63) is 59.7 Å². The molecule has 1 aliphatic heterocycles. The molecule has 0 saturated carbocycles. The molecule has 0 aliphatic carbocycles. The Kier molecular flexibility index (Phi) is 6.76. The van der Waals surface area contributed by atoms with E-state index in [2.05, 4.69) is 20.4 Å². The van der Waals surface area contributed by atoms with Crippen molar-refractivity contribution in [2.24, 2.45) is 7.05 Å². The minimum Gasteiger partial charge on any atom is -0.332 e. The second-order valence-corrected chi connectivity index (χ2v) is 8.62. The summed E-state index contributed by atoms with van der Waals surface area (Å²) in [6.45, 7) is 2.31. The predicted octanol–water partition coefficient (Wildman–Crippen LogP) is 5.06. The van der Waals surface area contributed by atoms with E-state index in [0.29, 0.717) is 18.5 Å². The third-order valence-corrected chi connectivity index (χ3v) is 6.07. The number of nitrogens with zero attached hydrogens (tertiary/aromatic N) is 5. The number of anilines is 1. The second-order valence-electron chi connectivity index (χ2n) is 8.62. The van der Waals surface area contributed by atoms with E-state index < -0.39 is 23.5 Å². The maximum absolute atomic E-state index is 13.4. The minimum absolute atomic E-state index is 0.118. The number of benzene rings is 1. The summed E-state index contributed by atoms with van der Waals surface area (Å²) < 4.78 is 81.9. The van der Waals surface area contributed by atoms with Crippen LogP contribution >= 0.6 is 0 Å². The molecule has 1 unspecified atom stereocenters. The first-order valence-electron chi connectivity index (χ1n) is 11.0. The Balaban J connectivity index is 1.70. The molecule has 0 radical (unpaired) electrons. The summed E-state index contributed by atoms with van der Waals surface area (Å²) in [6.07, 6.45) is -1.76. The topological polar surface area (TPSA) is 58.9 Å². The SMILES string of the molecule is CC[C@@H]1CC(N(Cc2cc(C(F)(F)F)cc(C(F)(F)F)c2)c2ncc(-c3cnn(C)c3)cn2)CN1. The molecule has 3 aromatic rings. The lowest BCUT2D eigenvalue weighted by Gasteiger charge is -2.29. The molecule has 0 spiro atoms. The molecule has 1 aromatic carbocycles. The van der Waals surface area contributed by atoms with E-state index in [1.807, 2.05) is 6.92 Å². The molecule has 6 nitrogen and oxygen atoms in total. The van der Waals surface area contributed by atoms with Gasteiger partial charge in [-0.15, -0.1) is 0 Å². The zero-order valence-electron chi connectivity index (χ0n) is 19.0. The standard InChI is InChI=1S/C23H24F6N6/c1-3-19-7-20(11-30-19)35(21-31-8-15(9-32-21)16-10-33-34(2)13-16)12-14-4-17(22(24,25)26)6-18(5-14)23(27,28)29/h4-6,8-10,13,19-20,30H,3,7,11-12H2,1-2H3/t19-,20?/m1/s1. The third-order valence-electron chi connectivity index (χ3n) is 6.07. The van der Waals surface area contributed by atoms with Gasteiger partial charge in [0.1, 0.15) is 0 Å². The molecular weight excluding hydrogens is 474 g/mol. The van der Waals surface area contributed by atoms with E-state index in [9.17, 15) is 26.3 Å². The Hall–Kier alpha value is -3.15. The Morgan fingerprint density at radius 1 is 0.971 bits per heavy atom. The number of hydrogen-bond acceptors (Lipinski definition) is 5. The average molecular weight is 498 g/mol. The summed E-state index contributed by atoms with van der Waals surface area (Å²) in [5.74, 6) is 0.229. The van der Waals surface area contributed by atoms with Gasteiger partial charge in [-0.25, -0.2) is 9.97 Å². The molecule has 4 rings (SSSR count). The van der Waals surface area contributed by atoms with E-state index in [0.717, 1.165) is 24.1 Å². The van der Waals surface area contributed by atoms with Crippen molar-refractivity contribution in [3.8, 4) is 11.1 Å². The number of hydrogen-bond donors (Lipinski definition) is 1.